The number of hydrogen-bond donors (Lipinski definition) is 2. The Labute approximate surface area is 163 Å². The molecule has 0 spiro atoms. The number of Topliss-reactive ketones (excluding diaryl/α,β-unsaturated/α-hetero) is 3. The molecule has 8 nitrogen and oxygen atoms in total. The molecule has 29 heavy (non-hydrogen) atoms. The number of nitrogens with one attached hydrogen (secondary N) is 1. The van der Waals surface area contributed by atoms with Crippen molar-refractivity contribution in [1.82, 2.24) is 0 Å². The van der Waals surface area contributed by atoms with E-state index in [2.05, 4.69) is 5.32 Å². The van der Waals surface area contributed by atoms with Crippen molar-refractivity contribution in [3.8, 4) is 5.75 Å². The van der Waals surface area contributed by atoms with Crippen molar-refractivity contribution in [2.45, 2.75) is 13.3 Å². The van der Waals surface area contributed by atoms with Crippen LogP contribution >= 0.6 is 0 Å². The molecule has 3 rings (SSSR count). The molecule has 0 aliphatic rings. The molecule has 146 valence electrons. The van der Waals surface area contributed by atoms with Gasteiger partial charge in [-0.05, 0) is 31.2 Å². The third-order valence-corrected chi connectivity index (χ3v) is 4.19. The molecular weight excluding hydrogens is 378 g/mol. The van der Waals surface area contributed by atoms with Gasteiger partial charge in [0, 0.05) is 5.56 Å². The fourth-order valence-electron chi connectivity index (χ4n) is 2.79. The van der Waals surface area contributed by atoms with Crippen LogP contribution in [-0.4, -0.2) is 28.4 Å². The van der Waals surface area contributed by atoms with Crippen LogP contribution in [0.4, 0.5) is 5.69 Å². The van der Waals surface area contributed by atoms with Crippen molar-refractivity contribution in [3.63, 3.8) is 0 Å². The van der Waals surface area contributed by atoms with Gasteiger partial charge in [-0.3, -0.25) is 19.2 Å². The van der Waals surface area contributed by atoms with E-state index in [0.717, 1.165) is 0 Å². The summed E-state index contributed by atoms with van der Waals surface area (Å²) in [6, 6.07) is 12.1. The largest absolute Gasteiger partial charge is 0.506 e. The van der Waals surface area contributed by atoms with Crippen molar-refractivity contribution in [2.24, 2.45) is 0 Å². The van der Waals surface area contributed by atoms with Gasteiger partial charge in [-0.15, -0.1) is 0 Å². The zero-order valence-electron chi connectivity index (χ0n) is 15.2. The number of benzene rings is 2. The van der Waals surface area contributed by atoms with Crippen LogP contribution in [0.1, 0.15) is 34.1 Å². The molecule has 8 heteroatoms. The van der Waals surface area contributed by atoms with Crippen molar-refractivity contribution in [3.05, 3.63) is 70.1 Å². The number of amides is 1. The second kappa shape index (κ2) is 7.89. The summed E-state index contributed by atoms with van der Waals surface area (Å²) < 4.78 is 4.99. The van der Waals surface area contributed by atoms with Gasteiger partial charge in [0.25, 0.3) is 5.91 Å². The van der Waals surface area contributed by atoms with Crippen LogP contribution in [0.25, 0.3) is 11.0 Å². The number of rotatable bonds is 6. The molecule has 1 heterocycles. The van der Waals surface area contributed by atoms with Crippen LogP contribution in [0.15, 0.2) is 57.7 Å². The maximum Gasteiger partial charge on any atom is 0.351 e. The second-order valence-electron chi connectivity index (χ2n) is 6.19. The summed E-state index contributed by atoms with van der Waals surface area (Å²) in [6.07, 6.45) is -0.954. The minimum absolute atomic E-state index is 0.0801. The molecular formula is C21H15NO7. The number of hydrogen-bond acceptors (Lipinski definition) is 7. The molecule has 0 unspecified atom stereocenters. The fraction of sp³-hybridized carbons (Fsp3) is 0.0952. The SMILES string of the molecule is CC(=O)c1ccccc1NC(=O)C(=O)CC(=O)c1c(O)c2ccccc2oc1=O. The maximum atomic E-state index is 12.4. The van der Waals surface area contributed by atoms with E-state index in [-0.39, 0.29) is 28.0 Å². The molecule has 0 aliphatic carbocycles. The van der Waals surface area contributed by atoms with Crippen LogP contribution in [-0.2, 0) is 9.59 Å². The van der Waals surface area contributed by atoms with E-state index in [0.29, 0.717) is 0 Å². The van der Waals surface area contributed by atoms with E-state index in [4.69, 9.17) is 4.42 Å². The summed E-state index contributed by atoms with van der Waals surface area (Å²) in [5.74, 6) is -4.25. The minimum Gasteiger partial charge on any atom is -0.506 e. The van der Waals surface area contributed by atoms with Gasteiger partial charge >= 0.3 is 5.63 Å². The topological polar surface area (TPSA) is 131 Å². The number of para-hydroxylation sites is 2. The Morgan fingerprint density at radius 1 is 1.00 bits per heavy atom. The lowest BCUT2D eigenvalue weighted by Crippen LogP contribution is -2.27. The van der Waals surface area contributed by atoms with Crippen LogP contribution in [0.3, 0.4) is 0 Å². The molecule has 0 radical (unpaired) electrons. The first-order valence-electron chi connectivity index (χ1n) is 8.51. The molecule has 1 aromatic heterocycles. The summed E-state index contributed by atoms with van der Waals surface area (Å²) in [7, 11) is 0. The van der Waals surface area contributed by atoms with Gasteiger partial charge in [-0.1, -0.05) is 24.3 Å². The predicted octanol–water partition coefficient (Wildman–Crippen LogP) is 2.48. The highest BCUT2D eigenvalue weighted by Gasteiger charge is 2.26. The third kappa shape index (κ3) is 3.96. The first kappa shape index (κ1) is 19.7. The normalized spacial score (nSPS) is 10.5. The van der Waals surface area contributed by atoms with Crippen molar-refractivity contribution < 1.29 is 28.7 Å². The summed E-state index contributed by atoms with van der Waals surface area (Å²) in [5.41, 5.74) is -1.40. The van der Waals surface area contributed by atoms with Gasteiger partial charge in [-0.2, -0.15) is 0 Å². The lowest BCUT2D eigenvalue weighted by Gasteiger charge is -2.08. The monoisotopic (exact) mass is 393 g/mol. The molecule has 0 fully saturated rings. The van der Waals surface area contributed by atoms with E-state index in [9.17, 15) is 29.1 Å². The van der Waals surface area contributed by atoms with E-state index in [1.165, 1.54) is 31.2 Å². The van der Waals surface area contributed by atoms with Gasteiger partial charge in [-0.25, -0.2) is 4.79 Å². The lowest BCUT2D eigenvalue weighted by molar-refractivity contribution is -0.134. The number of ketones is 3. The van der Waals surface area contributed by atoms with E-state index >= 15 is 0 Å². The number of carbonyl (C=O) groups excluding carboxylic acids is 4. The molecule has 0 atom stereocenters. The summed E-state index contributed by atoms with van der Waals surface area (Å²) in [5, 5.41) is 12.7. The van der Waals surface area contributed by atoms with Gasteiger partial charge in [0.15, 0.2) is 11.6 Å². The molecule has 0 aliphatic heterocycles. The Bertz CT molecular complexity index is 1220. The quantitative estimate of drug-likeness (QED) is 0.285. The number of aromatic hydroxyl groups is 1. The Hall–Kier alpha value is -4.07. The molecule has 0 saturated carbocycles. The van der Waals surface area contributed by atoms with E-state index in [1.54, 1.807) is 24.3 Å². The molecule has 0 bridgehead atoms. The Morgan fingerprint density at radius 3 is 2.38 bits per heavy atom. The van der Waals surface area contributed by atoms with Crippen LogP contribution in [0.5, 0.6) is 5.75 Å². The fourth-order valence-corrected chi connectivity index (χ4v) is 2.79. The molecule has 1 amide bonds. The molecule has 2 aromatic carbocycles. The minimum atomic E-state index is -1.14. The van der Waals surface area contributed by atoms with Crippen molar-refractivity contribution in [1.29, 1.82) is 0 Å². The predicted molar refractivity (Wildman–Crippen MR) is 103 cm³/mol. The van der Waals surface area contributed by atoms with Gasteiger partial charge in [0.05, 0.1) is 17.5 Å². The standard InChI is InChI=1S/C21H15NO7/c1-11(23)12-6-2-4-8-14(12)22-20(27)16(25)10-15(24)18-19(26)13-7-3-5-9-17(13)29-21(18)28/h2-9,26H,10H2,1H3,(H,22,27). The van der Waals surface area contributed by atoms with E-state index < -0.39 is 40.8 Å². The number of carbonyl (C=O) groups is 4. The second-order valence-corrected chi connectivity index (χ2v) is 6.19. The smallest absolute Gasteiger partial charge is 0.351 e. The Kier molecular flexibility index (Phi) is 5.36. The maximum absolute atomic E-state index is 12.4. The first-order chi connectivity index (χ1) is 13.8. The third-order valence-electron chi connectivity index (χ3n) is 4.19. The van der Waals surface area contributed by atoms with Gasteiger partial charge in [0.2, 0.25) is 5.78 Å². The summed E-state index contributed by atoms with van der Waals surface area (Å²) in [4.78, 5) is 60.4. The zero-order valence-corrected chi connectivity index (χ0v) is 15.2. The lowest BCUT2D eigenvalue weighted by atomic mass is 10.0. The van der Waals surface area contributed by atoms with E-state index in [1.807, 2.05) is 0 Å². The first-order valence-corrected chi connectivity index (χ1v) is 8.51. The van der Waals surface area contributed by atoms with Crippen molar-refractivity contribution in [2.75, 3.05) is 5.32 Å². The van der Waals surface area contributed by atoms with Gasteiger partial charge in [0.1, 0.15) is 16.9 Å². The average Bonchev–Trinajstić information content (AvgIpc) is 2.68. The summed E-state index contributed by atoms with van der Waals surface area (Å²) >= 11 is 0. The zero-order chi connectivity index (χ0) is 21.1. The highest BCUT2D eigenvalue weighted by molar-refractivity contribution is 6.44. The van der Waals surface area contributed by atoms with Gasteiger partial charge < -0.3 is 14.8 Å². The summed E-state index contributed by atoms with van der Waals surface area (Å²) in [6.45, 7) is 1.30. The van der Waals surface area contributed by atoms with Crippen LogP contribution < -0.4 is 10.9 Å². The number of anilines is 1. The average molecular weight is 393 g/mol. The Balaban J connectivity index is 1.82. The highest BCUT2D eigenvalue weighted by Crippen LogP contribution is 2.26. The molecule has 2 N–H and O–H groups in total. The number of fused-ring (bicyclic) bond motifs is 1. The Morgan fingerprint density at radius 2 is 1.66 bits per heavy atom. The van der Waals surface area contributed by atoms with Crippen LogP contribution in [0, 0.1) is 0 Å². The molecule has 3 aromatic rings. The van der Waals surface area contributed by atoms with Crippen molar-refractivity contribution >= 4 is 39.9 Å². The highest BCUT2D eigenvalue weighted by atomic mass is 16.4. The van der Waals surface area contributed by atoms with Crippen LogP contribution in [0.2, 0.25) is 0 Å². The molecule has 0 saturated heterocycles.